The molecule has 1 amide bonds. The van der Waals surface area contributed by atoms with Crippen molar-refractivity contribution in [2.75, 3.05) is 19.0 Å². The Bertz CT molecular complexity index is 982. The minimum absolute atomic E-state index is 0.0475. The minimum Gasteiger partial charge on any atom is -0.497 e. The van der Waals surface area contributed by atoms with Crippen LogP contribution in [0.25, 0.3) is 11.5 Å². The highest BCUT2D eigenvalue weighted by Gasteiger charge is 2.21. The molecular formula is C21H22N4O3. The van der Waals surface area contributed by atoms with Crippen LogP contribution >= 0.6 is 0 Å². The fourth-order valence-corrected chi connectivity index (χ4v) is 3.48. The van der Waals surface area contributed by atoms with E-state index in [4.69, 9.17) is 9.26 Å². The highest BCUT2D eigenvalue weighted by atomic mass is 16.5. The summed E-state index contributed by atoms with van der Waals surface area (Å²) in [5.41, 5.74) is 4.20. The van der Waals surface area contributed by atoms with Crippen molar-refractivity contribution in [3.05, 3.63) is 59.4 Å². The van der Waals surface area contributed by atoms with Crippen molar-refractivity contribution in [3.8, 4) is 17.2 Å². The van der Waals surface area contributed by atoms with Crippen molar-refractivity contribution in [1.29, 1.82) is 0 Å². The number of aromatic nitrogens is 2. The first-order valence-corrected chi connectivity index (χ1v) is 9.20. The lowest BCUT2D eigenvalue weighted by molar-refractivity contribution is -0.114. The first-order chi connectivity index (χ1) is 13.6. The second kappa shape index (κ2) is 7.82. The molecule has 0 saturated carbocycles. The molecule has 0 radical (unpaired) electrons. The van der Waals surface area contributed by atoms with Gasteiger partial charge in [0.15, 0.2) is 5.82 Å². The Morgan fingerprint density at radius 1 is 1.25 bits per heavy atom. The van der Waals surface area contributed by atoms with Crippen molar-refractivity contribution in [3.63, 3.8) is 0 Å². The van der Waals surface area contributed by atoms with Crippen LogP contribution in [0.3, 0.4) is 0 Å². The first kappa shape index (κ1) is 18.2. The highest BCUT2D eigenvalue weighted by Crippen LogP contribution is 2.27. The van der Waals surface area contributed by atoms with Crippen molar-refractivity contribution in [2.45, 2.75) is 26.4 Å². The number of nitrogens with zero attached hydrogens (tertiary/aromatic N) is 3. The van der Waals surface area contributed by atoms with Gasteiger partial charge in [0.25, 0.3) is 5.89 Å². The van der Waals surface area contributed by atoms with Gasteiger partial charge < -0.3 is 14.6 Å². The van der Waals surface area contributed by atoms with Gasteiger partial charge in [-0.3, -0.25) is 9.69 Å². The van der Waals surface area contributed by atoms with Crippen LogP contribution in [-0.2, 0) is 24.3 Å². The smallest absolute Gasteiger partial charge is 0.257 e. The number of hydrogen-bond donors (Lipinski definition) is 1. The van der Waals surface area contributed by atoms with Crippen molar-refractivity contribution in [2.24, 2.45) is 0 Å². The van der Waals surface area contributed by atoms with Gasteiger partial charge in [-0.05, 0) is 47.9 Å². The van der Waals surface area contributed by atoms with Crippen LogP contribution in [0.15, 0.2) is 47.0 Å². The van der Waals surface area contributed by atoms with Crippen LogP contribution in [0.1, 0.15) is 23.9 Å². The molecule has 0 bridgehead atoms. The van der Waals surface area contributed by atoms with Crippen LogP contribution in [0, 0.1) is 0 Å². The number of benzene rings is 2. The van der Waals surface area contributed by atoms with Crippen LogP contribution in [-0.4, -0.2) is 34.6 Å². The zero-order valence-corrected chi connectivity index (χ0v) is 15.9. The van der Waals surface area contributed by atoms with E-state index in [0.29, 0.717) is 18.3 Å². The standard InChI is InChI=1S/C21H22N4O3/c1-14(26)22-19-5-3-4-16-12-25(11-10-18(16)19)13-20-23-21(28-24-20)15-6-8-17(27-2)9-7-15/h3-9H,10-13H2,1-2H3,(H,22,26). The molecule has 1 N–H and O–H groups in total. The van der Waals surface area contributed by atoms with Gasteiger partial charge in [-0.25, -0.2) is 0 Å². The molecule has 2 heterocycles. The number of rotatable bonds is 5. The van der Waals surface area contributed by atoms with Crippen LogP contribution in [0.4, 0.5) is 5.69 Å². The summed E-state index contributed by atoms with van der Waals surface area (Å²) in [5.74, 6) is 1.90. The normalized spacial score (nSPS) is 13.8. The van der Waals surface area contributed by atoms with E-state index < -0.39 is 0 Å². The Hall–Kier alpha value is -3.19. The SMILES string of the molecule is COc1ccc(-c2nc(CN3CCc4c(cccc4NC(C)=O)C3)no2)cc1. The van der Waals surface area contributed by atoms with E-state index >= 15 is 0 Å². The van der Waals surface area contributed by atoms with Gasteiger partial charge in [-0.2, -0.15) is 4.98 Å². The van der Waals surface area contributed by atoms with Crippen molar-refractivity contribution >= 4 is 11.6 Å². The lowest BCUT2D eigenvalue weighted by Gasteiger charge is -2.29. The van der Waals surface area contributed by atoms with Gasteiger partial charge in [0, 0.05) is 31.3 Å². The number of amides is 1. The number of fused-ring (bicyclic) bond motifs is 1. The topological polar surface area (TPSA) is 80.5 Å². The average Bonchev–Trinajstić information content (AvgIpc) is 3.16. The number of anilines is 1. The zero-order chi connectivity index (χ0) is 19.5. The Morgan fingerprint density at radius 2 is 2.07 bits per heavy atom. The summed E-state index contributed by atoms with van der Waals surface area (Å²) in [7, 11) is 1.63. The maximum atomic E-state index is 11.4. The molecule has 144 valence electrons. The third-order valence-corrected chi connectivity index (χ3v) is 4.83. The summed E-state index contributed by atoms with van der Waals surface area (Å²) >= 11 is 0. The van der Waals surface area contributed by atoms with Crippen molar-refractivity contribution in [1.82, 2.24) is 15.0 Å². The molecule has 0 spiro atoms. The molecule has 1 aliphatic rings. The summed E-state index contributed by atoms with van der Waals surface area (Å²) in [6, 6.07) is 13.6. The van der Waals surface area contributed by atoms with E-state index in [0.717, 1.165) is 36.5 Å². The van der Waals surface area contributed by atoms with E-state index in [9.17, 15) is 4.79 Å². The molecular weight excluding hydrogens is 356 g/mol. The minimum atomic E-state index is -0.0475. The van der Waals surface area contributed by atoms with Gasteiger partial charge in [-0.1, -0.05) is 17.3 Å². The maximum Gasteiger partial charge on any atom is 0.257 e. The van der Waals surface area contributed by atoms with Gasteiger partial charge in [0.2, 0.25) is 5.91 Å². The number of ether oxygens (including phenoxy) is 1. The molecule has 4 rings (SSSR count). The summed E-state index contributed by atoms with van der Waals surface area (Å²) in [6.45, 7) is 3.81. The monoisotopic (exact) mass is 378 g/mol. The molecule has 0 saturated heterocycles. The second-order valence-corrected chi connectivity index (χ2v) is 6.83. The largest absolute Gasteiger partial charge is 0.497 e. The summed E-state index contributed by atoms with van der Waals surface area (Å²) in [5, 5.41) is 7.05. The highest BCUT2D eigenvalue weighted by molar-refractivity contribution is 5.89. The number of carbonyl (C=O) groups excluding carboxylic acids is 1. The predicted octanol–water partition coefficient (Wildman–Crippen LogP) is 3.26. The Balaban J connectivity index is 1.45. The maximum absolute atomic E-state index is 11.4. The summed E-state index contributed by atoms with van der Waals surface area (Å²) in [4.78, 5) is 18.2. The Labute approximate surface area is 163 Å². The Kier molecular flexibility index (Phi) is 5.08. The molecule has 7 nitrogen and oxygen atoms in total. The van der Waals surface area contributed by atoms with Crippen LogP contribution in [0.5, 0.6) is 5.75 Å². The van der Waals surface area contributed by atoms with E-state index in [1.54, 1.807) is 7.11 Å². The number of methoxy groups -OCH3 is 1. The van der Waals surface area contributed by atoms with Gasteiger partial charge in [0.1, 0.15) is 5.75 Å². The molecule has 2 aromatic carbocycles. The van der Waals surface area contributed by atoms with E-state index in [1.807, 2.05) is 36.4 Å². The molecule has 7 heteroatoms. The van der Waals surface area contributed by atoms with Gasteiger partial charge >= 0.3 is 0 Å². The lowest BCUT2D eigenvalue weighted by Crippen LogP contribution is -2.31. The molecule has 1 aliphatic heterocycles. The molecule has 0 atom stereocenters. The van der Waals surface area contributed by atoms with E-state index in [-0.39, 0.29) is 5.91 Å². The molecule has 0 aliphatic carbocycles. The predicted molar refractivity (Wildman–Crippen MR) is 105 cm³/mol. The number of nitrogens with one attached hydrogen (secondary N) is 1. The molecule has 3 aromatic rings. The molecule has 28 heavy (non-hydrogen) atoms. The number of carbonyl (C=O) groups is 1. The lowest BCUT2D eigenvalue weighted by atomic mass is 9.97. The van der Waals surface area contributed by atoms with Crippen LogP contribution in [0.2, 0.25) is 0 Å². The molecule has 1 aromatic heterocycles. The fraction of sp³-hybridized carbons (Fsp3) is 0.286. The van der Waals surface area contributed by atoms with E-state index in [1.165, 1.54) is 18.1 Å². The number of hydrogen-bond acceptors (Lipinski definition) is 6. The Morgan fingerprint density at radius 3 is 2.82 bits per heavy atom. The fourth-order valence-electron chi connectivity index (χ4n) is 3.48. The third kappa shape index (κ3) is 3.89. The molecule has 0 unspecified atom stereocenters. The first-order valence-electron chi connectivity index (χ1n) is 9.20. The summed E-state index contributed by atoms with van der Waals surface area (Å²) < 4.78 is 10.6. The average molecular weight is 378 g/mol. The van der Waals surface area contributed by atoms with E-state index in [2.05, 4.69) is 26.4 Å². The molecule has 0 fully saturated rings. The zero-order valence-electron chi connectivity index (χ0n) is 15.9. The second-order valence-electron chi connectivity index (χ2n) is 6.83. The van der Waals surface area contributed by atoms with Crippen molar-refractivity contribution < 1.29 is 14.1 Å². The van der Waals surface area contributed by atoms with Gasteiger partial charge in [0.05, 0.1) is 13.7 Å². The third-order valence-electron chi connectivity index (χ3n) is 4.83. The quantitative estimate of drug-likeness (QED) is 0.734. The van der Waals surface area contributed by atoms with Gasteiger partial charge in [-0.15, -0.1) is 0 Å². The summed E-state index contributed by atoms with van der Waals surface area (Å²) in [6.07, 6.45) is 0.870. The van der Waals surface area contributed by atoms with Crippen LogP contribution < -0.4 is 10.1 Å².